The highest BCUT2D eigenvalue weighted by Gasteiger charge is 2.26. The third-order valence-corrected chi connectivity index (χ3v) is 7.78. The molecule has 1 saturated heterocycles. The SMILES string of the molecule is Cc1cc(Nc2cc(N3CCN(S(C)(=O)=O)CC3)n3nc(C)c(Cc4ccc(Cl)cc4F)c3n2)n[nH]1. The van der Waals surface area contributed by atoms with E-state index in [9.17, 15) is 12.8 Å². The van der Waals surface area contributed by atoms with Crippen LogP contribution in [0.4, 0.5) is 21.8 Å². The minimum atomic E-state index is -3.26. The Kier molecular flexibility index (Phi) is 6.35. The maximum absolute atomic E-state index is 14.6. The van der Waals surface area contributed by atoms with Gasteiger partial charge < -0.3 is 10.2 Å². The molecule has 1 aromatic carbocycles. The molecule has 0 amide bonds. The molecule has 0 radical (unpaired) electrons. The average molecular weight is 533 g/mol. The number of aryl methyl sites for hydroxylation is 2. The fourth-order valence-corrected chi connectivity index (χ4v) is 5.35. The van der Waals surface area contributed by atoms with E-state index in [-0.39, 0.29) is 12.2 Å². The van der Waals surface area contributed by atoms with E-state index >= 15 is 0 Å². The summed E-state index contributed by atoms with van der Waals surface area (Å²) < 4.78 is 41.8. The molecular formula is C23H26ClFN8O2S. The van der Waals surface area contributed by atoms with E-state index in [4.69, 9.17) is 21.7 Å². The van der Waals surface area contributed by atoms with Gasteiger partial charge in [0.25, 0.3) is 0 Å². The van der Waals surface area contributed by atoms with Gasteiger partial charge in [-0.25, -0.2) is 17.8 Å². The van der Waals surface area contributed by atoms with Crippen molar-refractivity contribution >= 4 is 44.7 Å². The van der Waals surface area contributed by atoms with Gasteiger partial charge in [-0.15, -0.1) is 0 Å². The molecule has 4 heterocycles. The van der Waals surface area contributed by atoms with E-state index < -0.39 is 10.0 Å². The summed E-state index contributed by atoms with van der Waals surface area (Å²) >= 11 is 5.94. The van der Waals surface area contributed by atoms with Gasteiger partial charge in [0.1, 0.15) is 17.5 Å². The zero-order chi connectivity index (χ0) is 25.6. The number of piperazine rings is 1. The highest BCUT2D eigenvalue weighted by atomic mass is 35.5. The van der Waals surface area contributed by atoms with Crippen LogP contribution in [0.3, 0.4) is 0 Å². The van der Waals surface area contributed by atoms with Crippen LogP contribution in [0.5, 0.6) is 0 Å². The minimum absolute atomic E-state index is 0.289. The van der Waals surface area contributed by atoms with Crippen molar-refractivity contribution in [3.05, 3.63) is 63.7 Å². The van der Waals surface area contributed by atoms with Crippen molar-refractivity contribution in [2.24, 2.45) is 0 Å². The quantitative estimate of drug-likeness (QED) is 0.392. The van der Waals surface area contributed by atoms with Crippen LogP contribution in [0.25, 0.3) is 5.65 Å². The average Bonchev–Trinajstić information content (AvgIpc) is 3.37. The van der Waals surface area contributed by atoms with E-state index in [2.05, 4.69) is 20.4 Å². The predicted molar refractivity (Wildman–Crippen MR) is 137 cm³/mol. The van der Waals surface area contributed by atoms with Gasteiger partial charge in [-0.3, -0.25) is 5.10 Å². The van der Waals surface area contributed by atoms with Gasteiger partial charge in [-0.2, -0.15) is 19.0 Å². The van der Waals surface area contributed by atoms with Crippen molar-refractivity contribution in [3.63, 3.8) is 0 Å². The van der Waals surface area contributed by atoms with Gasteiger partial charge in [0, 0.05) is 61.0 Å². The molecule has 36 heavy (non-hydrogen) atoms. The molecule has 10 nitrogen and oxygen atoms in total. The second-order valence-electron chi connectivity index (χ2n) is 8.92. The molecule has 1 aliphatic heterocycles. The first-order chi connectivity index (χ1) is 17.1. The van der Waals surface area contributed by atoms with Crippen molar-refractivity contribution < 1.29 is 12.8 Å². The van der Waals surface area contributed by atoms with Crippen LogP contribution >= 0.6 is 11.6 Å². The zero-order valence-corrected chi connectivity index (χ0v) is 21.7. The Balaban J connectivity index is 1.57. The Bertz CT molecular complexity index is 1540. The second kappa shape index (κ2) is 9.34. The Morgan fingerprint density at radius 2 is 1.86 bits per heavy atom. The number of H-pyrrole nitrogens is 1. The number of rotatable bonds is 6. The summed E-state index contributed by atoms with van der Waals surface area (Å²) in [4.78, 5) is 6.89. The smallest absolute Gasteiger partial charge is 0.211 e. The first kappa shape index (κ1) is 24.5. The van der Waals surface area contributed by atoms with Crippen molar-refractivity contribution in [2.75, 3.05) is 42.7 Å². The molecule has 0 bridgehead atoms. The molecule has 0 saturated carbocycles. The Hall–Kier alpha value is -3.22. The molecule has 3 aromatic heterocycles. The van der Waals surface area contributed by atoms with Crippen LogP contribution in [0.1, 0.15) is 22.5 Å². The first-order valence-electron chi connectivity index (χ1n) is 11.4. The number of aromatic nitrogens is 5. The molecule has 2 N–H and O–H groups in total. The minimum Gasteiger partial charge on any atom is -0.354 e. The summed E-state index contributed by atoms with van der Waals surface area (Å²) in [7, 11) is -3.26. The molecule has 0 spiro atoms. The summed E-state index contributed by atoms with van der Waals surface area (Å²) in [5.74, 6) is 1.53. The molecule has 4 aromatic rings. The molecule has 0 atom stereocenters. The molecule has 0 aliphatic carbocycles. The highest BCUT2D eigenvalue weighted by Crippen LogP contribution is 2.29. The number of benzene rings is 1. The fraction of sp³-hybridized carbons (Fsp3) is 0.348. The van der Waals surface area contributed by atoms with E-state index in [1.54, 1.807) is 16.6 Å². The summed E-state index contributed by atoms with van der Waals surface area (Å²) in [6.07, 6.45) is 1.51. The summed E-state index contributed by atoms with van der Waals surface area (Å²) in [6.45, 7) is 5.49. The number of anilines is 3. The first-order valence-corrected chi connectivity index (χ1v) is 13.6. The lowest BCUT2D eigenvalue weighted by Crippen LogP contribution is -2.48. The fourth-order valence-electron chi connectivity index (χ4n) is 4.37. The number of sulfonamides is 1. The van der Waals surface area contributed by atoms with Crippen molar-refractivity contribution in [3.8, 4) is 0 Å². The normalized spacial score (nSPS) is 15.1. The van der Waals surface area contributed by atoms with Crippen LogP contribution in [0, 0.1) is 19.7 Å². The molecule has 190 valence electrons. The maximum atomic E-state index is 14.6. The lowest BCUT2D eigenvalue weighted by molar-refractivity contribution is 0.386. The topological polar surface area (TPSA) is 112 Å². The van der Waals surface area contributed by atoms with E-state index in [0.29, 0.717) is 54.0 Å². The third kappa shape index (κ3) is 4.88. The van der Waals surface area contributed by atoms with Crippen molar-refractivity contribution in [1.82, 2.24) is 29.1 Å². The molecule has 1 aliphatic rings. The zero-order valence-electron chi connectivity index (χ0n) is 20.1. The lowest BCUT2D eigenvalue weighted by atomic mass is 10.0. The van der Waals surface area contributed by atoms with Gasteiger partial charge >= 0.3 is 0 Å². The summed E-state index contributed by atoms with van der Waals surface area (Å²) in [5.41, 5.74) is 3.48. The molecule has 1 fully saturated rings. The van der Waals surface area contributed by atoms with Crippen LogP contribution in [0.2, 0.25) is 5.02 Å². The molecule has 5 rings (SSSR count). The number of aromatic amines is 1. The Morgan fingerprint density at radius 3 is 2.50 bits per heavy atom. The van der Waals surface area contributed by atoms with E-state index in [0.717, 1.165) is 22.8 Å². The van der Waals surface area contributed by atoms with E-state index in [1.807, 2.05) is 26.0 Å². The molecular weight excluding hydrogens is 507 g/mol. The van der Waals surface area contributed by atoms with Gasteiger partial charge in [0.2, 0.25) is 10.0 Å². The highest BCUT2D eigenvalue weighted by molar-refractivity contribution is 7.88. The summed E-state index contributed by atoms with van der Waals surface area (Å²) in [6, 6.07) is 8.35. The number of halogens is 2. The third-order valence-electron chi connectivity index (χ3n) is 6.24. The molecule has 13 heteroatoms. The van der Waals surface area contributed by atoms with Crippen LogP contribution in [-0.2, 0) is 16.4 Å². The van der Waals surface area contributed by atoms with Gasteiger partial charge in [0.05, 0.1) is 11.9 Å². The van der Waals surface area contributed by atoms with Crippen LogP contribution in [-0.4, -0.2) is 70.0 Å². The predicted octanol–water partition coefficient (Wildman–Crippen LogP) is 3.28. The Labute approximate surface area is 213 Å². The lowest BCUT2D eigenvalue weighted by Gasteiger charge is -2.34. The monoisotopic (exact) mass is 532 g/mol. The van der Waals surface area contributed by atoms with E-state index in [1.165, 1.54) is 16.6 Å². The number of nitrogens with zero attached hydrogens (tertiary/aromatic N) is 6. The van der Waals surface area contributed by atoms with Gasteiger partial charge in [0.15, 0.2) is 11.5 Å². The maximum Gasteiger partial charge on any atom is 0.211 e. The number of nitrogens with one attached hydrogen (secondary N) is 2. The van der Waals surface area contributed by atoms with Gasteiger partial charge in [-0.1, -0.05) is 17.7 Å². The largest absolute Gasteiger partial charge is 0.354 e. The Morgan fingerprint density at radius 1 is 1.11 bits per heavy atom. The number of fused-ring (bicyclic) bond motifs is 1. The summed E-state index contributed by atoms with van der Waals surface area (Å²) in [5, 5.41) is 15.4. The molecule has 0 unspecified atom stereocenters. The van der Waals surface area contributed by atoms with Crippen LogP contribution in [0.15, 0.2) is 30.3 Å². The van der Waals surface area contributed by atoms with Crippen LogP contribution < -0.4 is 10.2 Å². The van der Waals surface area contributed by atoms with Crippen molar-refractivity contribution in [2.45, 2.75) is 20.3 Å². The number of hydrogen-bond donors (Lipinski definition) is 2. The van der Waals surface area contributed by atoms with Crippen molar-refractivity contribution in [1.29, 1.82) is 0 Å². The second-order valence-corrected chi connectivity index (χ2v) is 11.3. The number of hydrogen-bond acceptors (Lipinski definition) is 7. The van der Waals surface area contributed by atoms with Gasteiger partial charge in [-0.05, 0) is 31.5 Å². The standard InChI is InChI=1S/C23H26ClFN8O2S/c1-14-10-21(29-28-14)26-20-13-22(31-6-8-32(9-7-31)36(3,34)35)33-23(27-20)18(15(2)30-33)11-16-4-5-17(24)12-19(16)25/h4-5,10,12-13H,6-9,11H2,1-3H3,(H2,26,27,28,29).